The van der Waals surface area contributed by atoms with Gasteiger partial charge in [0.05, 0.1) is 0 Å². The van der Waals surface area contributed by atoms with Crippen molar-refractivity contribution in [3.8, 4) is 44.5 Å². The Morgan fingerprint density at radius 2 is 0.918 bits per heavy atom. The van der Waals surface area contributed by atoms with E-state index >= 15 is 0 Å². The van der Waals surface area contributed by atoms with Gasteiger partial charge in [-0.25, -0.2) is 0 Å². The molecule has 61 heavy (non-hydrogen) atoms. The van der Waals surface area contributed by atoms with Crippen LogP contribution >= 0.6 is 11.3 Å². The van der Waals surface area contributed by atoms with Gasteiger partial charge < -0.3 is 4.90 Å². The average molecular weight is 798 g/mol. The van der Waals surface area contributed by atoms with Gasteiger partial charge in [-0.2, -0.15) is 0 Å². The minimum absolute atomic E-state index is 0.0934. The maximum Gasteiger partial charge on any atom is 0.0465 e. The van der Waals surface area contributed by atoms with E-state index in [-0.39, 0.29) is 10.8 Å². The number of benzene rings is 9. The van der Waals surface area contributed by atoms with Crippen molar-refractivity contribution >= 4 is 48.6 Å². The van der Waals surface area contributed by atoms with Crippen LogP contribution in [0.3, 0.4) is 0 Å². The van der Waals surface area contributed by atoms with Crippen molar-refractivity contribution in [1.82, 2.24) is 0 Å². The highest BCUT2D eigenvalue weighted by Crippen LogP contribution is 2.55. The highest BCUT2D eigenvalue weighted by atomic mass is 32.1. The lowest BCUT2D eigenvalue weighted by Gasteiger charge is -2.31. The summed E-state index contributed by atoms with van der Waals surface area (Å²) in [7, 11) is 0. The van der Waals surface area contributed by atoms with Crippen LogP contribution in [0, 0.1) is 0 Å². The van der Waals surface area contributed by atoms with E-state index in [1.165, 1.54) is 92.5 Å². The third-order valence-electron chi connectivity index (χ3n) is 13.8. The Morgan fingerprint density at radius 3 is 1.69 bits per heavy atom. The molecule has 1 unspecified atom stereocenters. The van der Waals surface area contributed by atoms with Crippen LogP contribution in [0.4, 0.5) is 17.1 Å². The van der Waals surface area contributed by atoms with E-state index in [2.05, 4.69) is 232 Å². The third kappa shape index (κ3) is 5.38. The van der Waals surface area contributed by atoms with Crippen molar-refractivity contribution in [2.75, 3.05) is 4.90 Å². The zero-order chi connectivity index (χ0) is 40.9. The second-order valence-electron chi connectivity index (χ2n) is 17.4. The number of thiophene rings is 1. The first kappa shape index (κ1) is 35.9. The standard InChI is InChI=1S/C59H43NS/c1-58(2)52-21-10-7-17-47(52)51-20-13-19-45(57(51)58)39-26-31-43(32-27-39)60(42-29-24-38(25-30-42)40-28-34-50-49-18-9-12-23-55(49)61-56(50)36-40)44-33-35-48-46-16-8-11-22-53(46)59(3,54(48)37-44)41-14-5-4-6-15-41/h4-37H,1-3H3. The SMILES string of the molecule is CC1(C)c2ccccc2-c2cccc(-c3ccc(N(c4ccc(-c5ccc6c(c5)sc5ccccc56)cc4)c4ccc5c(c4)C(C)(c4ccccc4)c4ccccc4-5)cc3)c21. The van der Waals surface area contributed by atoms with Gasteiger partial charge in [-0.05, 0) is 128 Å². The molecule has 0 N–H and O–H groups in total. The maximum atomic E-state index is 2.45. The molecule has 0 radical (unpaired) electrons. The highest BCUT2D eigenvalue weighted by molar-refractivity contribution is 7.25. The van der Waals surface area contributed by atoms with Crippen LogP contribution < -0.4 is 4.90 Å². The Balaban J connectivity index is 0.987. The van der Waals surface area contributed by atoms with Gasteiger partial charge in [-0.3, -0.25) is 0 Å². The number of anilines is 3. The van der Waals surface area contributed by atoms with Crippen LogP contribution in [0.25, 0.3) is 64.7 Å². The lowest BCUT2D eigenvalue weighted by Crippen LogP contribution is -2.22. The van der Waals surface area contributed by atoms with Gasteiger partial charge in [-0.15, -0.1) is 11.3 Å². The third-order valence-corrected chi connectivity index (χ3v) is 14.9. The van der Waals surface area contributed by atoms with E-state index in [1.54, 1.807) is 0 Å². The largest absolute Gasteiger partial charge is 0.310 e. The fourth-order valence-corrected chi connectivity index (χ4v) is 11.9. The Labute approximate surface area is 361 Å². The molecule has 12 rings (SSSR count). The topological polar surface area (TPSA) is 3.24 Å². The first-order chi connectivity index (χ1) is 29.9. The molecule has 0 amide bonds. The lowest BCUT2D eigenvalue weighted by molar-refractivity contribution is 0.662. The van der Waals surface area contributed by atoms with Crippen LogP contribution in [0.2, 0.25) is 0 Å². The maximum absolute atomic E-state index is 2.45. The quantitative estimate of drug-likeness (QED) is 0.162. The summed E-state index contributed by atoms with van der Waals surface area (Å²) in [5.74, 6) is 0. The van der Waals surface area contributed by atoms with Gasteiger partial charge >= 0.3 is 0 Å². The molecule has 0 bridgehead atoms. The zero-order valence-corrected chi connectivity index (χ0v) is 35.3. The fraction of sp³-hybridized carbons (Fsp3) is 0.0847. The molecule has 2 aliphatic rings. The van der Waals surface area contributed by atoms with Crippen molar-refractivity contribution in [2.24, 2.45) is 0 Å². The number of fused-ring (bicyclic) bond motifs is 9. The molecule has 1 atom stereocenters. The smallest absolute Gasteiger partial charge is 0.0465 e. The van der Waals surface area contributed by atoms with E-state index < -0.39 is 0 Å². The summed E-state index contributed by atoms with van der Waals surface area (Å²) in [6, 6.07) is 76.9. The van der Waals surface area contributed by atoms with Crippen LogP contribution in [-0.2, 0) is 10.8 Å². The summed E-state index contributed by atoms with van der Waals surface area (Å²) in [6.45, 7) is 7.14. The summed E-state index contributed by atoms with van der Waals surface area (Å²) in [5, 5.41) is 2.66. The summed E-state index contributed by atoms with van der Waals surface area (Å²) in [4.78, 5) is 2.44. The Hall–Kier alpha value is -7.00. The van der Waals surface area contributed by atoms with Gasteiger partial charge in [0.2, 0.25) is 0 Å². The Bertz CT molecular complexity index is 3340. The van der Waals surface area contributed by atoms with Crippen molar-refractivity contribution in [3.05, 3.63) is 234 Å². The molecule has 2 aliphatic carbocycles. The van der Waals surface area contributed by atoms with Crippen molar-refractivity contribution in [1.29, 1.82) is 0 Å². The molecule has 10 aromatic rings. The van der Waals surface area contributed by atoms with Crippen molar-refractivity contribution in [2.45, 2.75) is 31.6 Å². The number of rotatable bonds is 6. The zero-order valence-electron chi connectivity index (χ0n) is 34.5. The Kier molecular flexibility index (Phi) is 7.95. The summed E-state index contributed by atoms with van der Waals surface area (Å²) in [5.41, 5.74) is 20.0. The summed E-state index contributed by atoms with van der Waals surface area (Å²) >= 11 is 1.87. The minimum Gasteiger partial charge on any atom is -0.310 e. The molecule has 9 aromatic carbocycles. The van der Waals surface area contributed by atoms with Gasteiger partial charge in [0.25, 0.3) is 0 Å². The number of nitrogens with zero attached hydrogens (tertiary/aromatic N) is 1. The van der Waals surface area contributed by atoms with Gasteiger partial charge in [0.1, 0.15) is 0 Å². The van der Waals surface area contributed by atoms with Crippen LogP contribution in [0.1, 0.15) is 48.6 Å². The predicted molar refractivity (Wildman–Crippen MR) is 260 cm³/mol. The molecule has 0 spiro atoms. The van der Waals surface area contributed by atoms with E-state index in [0.717, 1.165) is 17.1 Å². The number of hydrogen-bond acceptors (Lipinski definition) is 2. The van der Waals surface area contributed by atoms with Crippen LogP contribution in [0.5, 0.6) is 0 Å². The van der Waals surface area contributed by atoms with E-state index in [9.17, 15) is 0 Å². The normalized spacial score (nSPS) is 15.7. The van der Waals surface area contributed by atoms with Gasteiger partial charge in [0, 0.05) is 48.1 Å². The minimum atomic E-state index is -0.300. The molecular formula is C59H43NS. The van der Waals surface area contributed by atoms with Gasteiger partial charge in [0.15, 0.2) is 0 Å². The van der Waals surface area contributed by atoms with E-state index in [1.807, 2.05) is 11.3 Å². The summed E-state index contributed by atoms with van der Waals surface area (Å²) < 4.78 is 2.65. The van der Waals surface area contributed by atoms with Crippen molar-refractivity contribution in [3.63, 3.8) is 0 Å². The lowest BCUT2D eigenvalue weighted by atomic mass is 9.74. The van der Waals surface area contributed by atoms with E-state index in [4.69, 9.17) is 0 Å². The second kappa shape index (κ2) is 13.5. The molecular weight excluding hydrogens is 755 g/mol. The highest BCUT2D eigenvalue weighted by Gasteiger charge is 2.41. The van der Waals surface area contributed by atoms with Gasteiger partial charge in [-0.1, -0.05) is 172 Å². The van der Waals surface area contributed by atoms with Crippen LogP contribution in [0.15, 0.2) is 206 Å². The molecule has 1 aromatic heterocycles. The molecule has 0 fully saturated rings. The monoisotopic (exact) mass is 797 g/mol. The summed E-state index contributed by atoms with van der Waals surface area (Å²) in [6.07, 6.45) is 0. The average Bonchev–Trinajstić information content (AvgIpc) is 3.90. The molecule has 0 saturated heterocycles. The molecule has 290 valence electrons. The van der Waals surface area contributed by atoms with Crippen molar-refractivity contribution < 1.29 is 0 Å². The predicted octanol–water partition coefficient (Wildman–Crippen LogP) is 16.5. The molecule has 1 nitrogen and oxygen atoms in total. The first-order valence-corrected chi connectivity index (χ1v) is 22.2. The first-order valence-electron chi connectivity index (χ1n) is 21.3. The Morgan fingerprint density at radius 1 is 0.361 bits per heavy atom. The van der Waals surface area contributed by atoms with Crippen LogP contribution in [-0.4, -0.2) is 0 Å². The molecule has 0 saturated carbocycles. The molecule has 0 aliphatic heterocycles. The fourth-order valence-electron chi connectivity index (χ4n) is 10.7. The number of hydrogen-bond donors (Lipinski definition) is 0. The molecule has 2 heteroatoms. The molecule has 1 heterocycles. The van der Waals surface area contributed by atoms with E-state index in [0.29, 0.717) is 0 Å². The second-order valence-corrected chi connectivity index (χ2v) is 18.5.